The molecule has 6 heterocycles. The highest BCUT2D eigenvalue weighted by molar-refractivity contribution is 7.76. The summed E-state index contributed by atoms with van der Waals surface area (Å²) in [7, 11) is -1.99. The van der Waals surface area contributed by atoms with Gasteiger partial charge in [0, 0.05) is 0 Å². The summed E-state index contributed by atoms with van der Waals surface area (Å²) in [5.41, 5.74) is 0. The van der Waals surface area contributed by atoms with Gasteiger partial charge in [-0.2, -0.15) is 0 Å². The SMILES string of the molecule is CC1(C)OCC([C@@H]2O[C@H]3OC(C)(C)O[C@H]3[C@@H]2OP(Cl)O[C@H]2[C@@H]3OC(C)(C)O[C@@H]3O[C@H]2C2COC(C)(C)O2)O1. The van der Waals surface area contributed by atoms with Crippen LogP contribution in [0.3, 0.4) is 0 Å². The average molecular weight is 585 g/mol. The fraction of sp³-hybridized carbons (Fsp3) is 1.00. The van der Waals surface area contributed by atoms with Gasteiger partial charge in [-0.25, -0.2) is 0 Å². The predicted octanol–water partition coefficient (Wildman–Crippen LogP) is 3.28. The largest absolute Gasteiger partial charge is 0.348 e. The first kappa shape index (κ1) is 28.4. The van der Waals surface area contributed by atoms with Gasteiger partial charge in [0.1, 0.15) is 48.8 Å². The summed E-state index contributed by atoms with van der Waals surface area (Å²) in [4.78, 5) is 0. The van der Waals surface area contributed by atoms with E-state index in [-0.39, 0.29) is 0 Å². The predicted molar refractivity (Wildman–Crippen MR) is 130 cm³/mol. The Morgan fingerprint density at radius 1 is 0.553 bits per heavy atom. The van der Waals surface area contributed by atoms with Gasteiger partial charge >= 0.3 is 0 Å². The Morgan fingerprint density at radius 2 is 0.947 bits per heavy atom. The molecule has 6 aliphatic rings. The number of halogens is 1. The number of rotatable bonds is 6. The van der Waals surface area contributed by atoms with Crippen molar-refractivity contribution in [2.24, 2.45) is 0 Å². The number of ether oxygens (including phenoxy) is 10. The molecule has 38 heavy (non-hydrogen) atoms. The smallest absolute Gasteiger partial charge is 0.277 e. The van der Waals surface area contributed by atoms with Crippen molar-refractivity contribution in [1.82, 2.24) is 0 Å². The third-order valence-corrected chi connectivity index (χ3v) is 8.55. The van der Waals surface area contributed by atoms with Crippen LogP contribution in [0.15, 0.2) is 0 Å². The van der Waals surface area contributed by atoms with E-state index >= 15 is 0 Å². The average Bonchev–Trinajstić information content (AvgIpc) is 3.57. The highest BCUT2D eigenvalue weighted by Gasteiger charge is 2.62. The van der Waals surface area contributed by atoms with Crippen molar-refractivity contribution in [2.45, 2.75) is 140 Å². The molecular weight excluding hydrogens is 547 g/mol. The van der Waals surface area contributed by atoms with Crippen molar-refractivity contribution >= 4 is 19.0 Å². The van der Waals surface area contributed by atoms with Crippen LogP contribution in [-0.4, -0.2) is 97.8 Å². The summed E-state index contributed by atoms with van der Waals surface area (Å²) in [6.07, 6.45) is -5.50. The van der Waals surface area contributed by atoms with Gasteiger partial charge in [-0.3, -0.25) is 0 Å². The molecule has 0 aromatic heterocycles. The standard InChI is InChI=1S/C24H38ClO12P/c1-21(2)26-9-11(30-21)13-15(17-19(28-13)34-23(5,6)32-17)36-38(25)37-16-14(12-10-27-22(3,4)31-12)29-20-18(16)33-24(7,8)35-20/h11-20H,9-10H2,1-8H3/t11?,12?,13-,14-,15+,16+,17-,18-,19-,20-,38?/m0/s1. The van der Waals surface area contributed by atoms with Gasteiger partial charge in [0.25, 0.3) is 7.73 Å². The van der Waals surface area contributed by atoms with Gasteiger partial charge in [-0.1, -0.05) is 0 Å². The lowest BCUT2D eigenvalue weighted by molar-refractivity contribution is -0.232. The normalized spacial score (nSPS) is 48.9. The molecule has 14 heteroatoms. The van der Waals surface area contributed by atoms with Gasteiger partial charge < -0.3 is 56.4 Å². The zero-order chi connectivity index (χ0) is 27.3. The Bertz CT molecular complexity index is 834. The molecule has 2 unspecified atom stereocenters. The van der Waals surface area contributed by atoms with Crippen LogP contribution in [0.2, 0.25) is 0 Å². The summed E-state index contributed by atoms with van der Waals surface area (Å²) in [6.45, 7) is 15.4. The first-order chi connectivity index (χ1) is 17.6. The molecule has 0 aromatic rings. The second kappa shape index (κ2) is 9.64. The summed E-state index contributed by atoms with van der Waals surface area (Å²) in [5.74, 6) is -3.16. The van der Waals surface area contributed by atoms with E-state index in [0.717, 1.165) is 0 Å². The molecule has 6 aliphatic heterocycles. The quantitative estimate of drug-likeness (QED) is 0.427. The number of hydrogen-bond acceptors (Lipinski definition) is 12. The number of hydrogen-bond donors (Lipinski definition) is 0. The highest BCUT2D eigenvalue weighted by Crippen LogP contribution is 2.55. The first-order valence-corrected chi connectivity index (χ1v) is 15.1. The molecular formula is C24H38ClO12P. The maximum Gasteiger partial charge on any atom is 0.277 e. The van der Waals surface area contributed by atoms with Crippen LogP contribution >= 0.6 is 19.0 Å². The topological polar surface area (TPSA) is 111 Å². The van der Waals surface area contributed by atoms with Crippen LogP contribution in [0.25, 0.3) is 0 Å². The van der Waals surface area contributed by atoms with Crippen molar-refractivity contribution in [2.75, 3.05) is 13.2 Å². The van der Waals surface area contributed by atoms with Crippen LogP contribution in [0.5, 0.6) is 0 Å². The van der Waals surface area contributed by atoms with E-state index in [2.05, 4.69) is 0 Å². The van der Waals surface area contributed by atoms with Crippen molar-refractivity contribution < 1.29 is 56.4 Å². The van der Waals surface area contributed by atoms with Gasteiger partial charge in [0.05, 0.1) is 13.2 Å². The molecule has 0 aromatic carbocycles. The van der Waals surface area contributed by atoms with Crippen LogP contribution in [-0.2, 0) is 56.4 Å². The lowest BCUT2D eigenvalue weighted by Gasteiger charge is -2.32. The minimum absolute atomic E-state index is 0.332. The van der Waals surface area contributed by atoms with Crippen molar-refractivity contribution in [1.29, 1.82) is 0 Å². The third kappa shape index (κ3) is 5.53. The molecule has 0 aliphatic carbocycles. The molecule has 0 saturated carbocycles. The van der Waals surface area contributed by atoms with E-state index in [1.54, 1.807) is 0 Å². The lowest BCUT2D eigenvalue weighted by Crippen LogP contribution is -2.45. The Balaban J connectivity index is 1.18. The van der Waals surface area contributed by atoms with Crippen LogP contribution < -0.4 is 0 Å². The van der Waals surface area contributed by atoms with Crippen LogP contribution in [0.4, 0.5) is 0 Å². The van der Waals surface area contributed by atoms with E-state index in [4.69, 9.17) is 67.7 Å². The molecule has 0 spiro atoms. The van der Waals surface area contributed by atoms with Gasteiger partial charge in [-0.15, -0.1) is 0 Å². The first-order valence-electron chi connectivity index (χ1n) is 13.1. The molecule has 0 amide bonds. The molecule has 6 fully saturated rings. The minimum atomic E-state index is -1.99. The summed E-state index contributed by atoms with van der Waals surface area (Å²) in [5, 5.41) is 0. The second-order valence-electron chi connectivity index (χ2n) is 12.2. The fourth-order valence-corrected chi connectivity index (χ4v) is 7.28. The molecule has 0 radical (unpaired) electrons. The lowest BCUT2D eigenvalue weighted by atomic mass is 10.1. The van der Waals surface area contributed by atoms with Crippen molar-refractivity contribution in [3.05, 3.63) is 0 Å². The van der Waals surface area contributed by atoms with Crippen molar-refractivity contribution in [3.8, 4) is 0 Å². The van der Waals surface area contributed by atoms with E-state index < -0.39 is 92.3 Å². The Morgan fingerprint density at radius 3 is 1.29 bits per heavy atom. The zero-order valence-corrected chi connectivity index (χ0v) is 24.6. The van der Waals surface area contributed by atoms with E-state index in [9.17, 15) is 0 Å². The van der Waals surface area contributed by atoms with Crippen LogP contribution in [0, 0.1) is 0 Å². The second-order valence-corrected chi connectivity index (χ2v) is 13.9. The molecule has 0 N–H and O–H groups in total. The fourth-order valence-electron chi connectivity index (χ4n) is 5.82. The Kier molecular flexibility index (Phi) is 7.19. The highest BCUT2D eigenvalue weighted by atomic mass is 35.7. The molecule has 6 saturated heterocycles. The van der Waals surface area contributed by atoms with Gasteiger partial charge in [0.2, 0.25) is 0 Å². The van der Waals surface area contributed by atoms with Crippen LogP contribution in [0.1, 0.15) is 55.4 Å². The van der Waals surface area contributed by atoms with Gasteiger partial charge in [-0.05, 0) is 66.6 Å². The minimum Gasteiger partial charge on any atom is -0.348 e. The molecule has 0 bridgehead atoms. The maximum absolute atomic E-state index is 6.79. The Labute approximate surface area is 228 Å². The van der Waals surface area contributed by atoms with Crippen molar-refractivity contribution in [3.63, 3.8) is 0 Å². The maximum atomic E-state index is 6.79. The van der Waals surface area contributed by atoms with E-state index in [1.807, 2.05) is 55.4 Å². The monoisotopic (exact) mass is 584 g/mol. The molecule has 6 rings (SSSR count). The molecule has 10 atom stereocenters. The molecule has 218 valence electrons. The van der Waals surface area contributed by atoms with Gasteiger partial charge in [0.15, 0.2) is 35.7 Å². The van der Waals surface area contributed by atoms with E-state index in [1.165, 1.54) is 0 Å². The molecule has 12 nitrogen and oxygen atoms in total. The van der Waals surface area contributed by atoms with E-state index in [0.29, 0.717) is 13.2 Å². The zero-order valence-electron chi connectivity index (χ0n) is 22.9. The summed E-state index contributed by atoms with van der Waals surface area (Å²) in [6, 6.07) is 0. The third-order valence-electron chi connectivity index (χ3n) is 7.26. The summed E-state index contributed by atoms with van der Waals surface area (Å²) >= 11 is 6.79. The summed E-state index contributed by atoms with van der Waals surface area (Å²) < 4.78 is 73.0. The Hall–Kier alpha value is 0.240. The number of fused-ring (bicyclic) bond motifs is 2.